The van der Waals surface area contributed by atoms with Crippen molar-refractivity contribution in [3.8, 4) is 0 Å². The first-order valence-corrected chi connectivity index (χ1v) is 4.24. The molecule has 1 nitrogen and oxygen atoms in total. The molecule has 0 saturated heterocycles. The Balaban J connectivity index is 0. The molecule has 0 aromatic carbocycles. The Morgan fingerprint density at radius 3 is 0.952 bits per heavy atom. The Hall–Kier alpha value is 0.120. The summed E-state index contributed by atoms with van der Waals surface area (Å²) in [5, 5.41) is 7.38. The van der Waals surface area contributed by atoms with Crippen LogP contribution in [0.5, 0.6) is 0 Å². The second-order valence-corrected chi connectivity index (χ2v) is 3.73. The normalized spacial score (nSPS) is 15.7. The van der Waals surface area contributed by atoms with Gasteiger partial charge in [0.1, 0.15) is 0 Å². The van der Waals surface area contributed by atoms with Gasteiger partial charge in [-0.25, -0.2) is 0 Å². The van der Waals surface area contributed by atoms with E-state index in [2.05, 4.69) is 0 Å². The Morgan fingerprint density at radius 2 is 0.762 bits per heavy atom. The predicted octanol–water partition coefficient (Wildman–Crippen LogP) is 3.39. The van der Waals surface area contributed by atoms with Gasteiger partial charge in [0.25, 0.3) is 0 Å². The zero-order chi connectivity index (χ0) is 17.0. The average molecular weight is 355 g/mol. The molecule has 21 heavy (non-hydrogen) atoms. The number of alkyl halides is 12. The molecular weight excluding hydrogens is 351 g/mol. The second-order valence-electron chi connectivity index (χ2n) is 3.73. The molecule has 1 radical (unpaired) electrons. The van der Waals surface area contributed by atoms with Gasteiger partial charge in [-0.05, 0) is 0 Å². The molecule has 0 unspecified atom stereocenters. The van der Waals surface area contributed by atoms with E-state index >= 15 is 0 Å². The van der Waals surface area contributed by atoms with E-state index in [0.29, 0.717) is 0 Å². The number of hydrogen-bond acceptors (Lipinski definition) is 1. The van der Waals surface area contributed by atoms with E-state index in [1.54, 1.807) is 0 Å². The van der Waals surface area contributed by atoms with Gasteiger partial charge in [0.15, 0.2) is 0 Å². The summed E-state index contributed by atoms with van der Waals surface area (Å²) in [5.74, 6) is -35.7. The zero-order valence-corrected chi connectivity index (χ0v) is 12.0. The molecule has 0 amide bonds. The van der Waals surface area contributed by atoms with Crippen LogP contribution in [0.25, 0.3) is 0 Å². The van der Waals surface area contributed by atoms with Crippen molar-refractivity contribution in [2.45, 2.75) is 42.6 Å². The molecule has 0 saturated carbocycles. The largest absolute Gasteiger partial charge is 0.423 e. The molecule has 0 aliphatic heterocycles. The van der Waals surface area contributed by atoms with Crippen molar-refractivity contribution in [3.63, 3.8) is 0 Å². The monoisotopic (exact) mass is 355 g/mol. The first-order valence-electron chi connectivity index (χ1n) is 4.24. The van der Waals surface area contributed by atoms with Crippen LogP contribution in [0, 0.1) is 0 Å². The van der Waals surface area contributed by atoms with Gasteiger partial charge in [-0.3, -0.25) is 0 Å². The van der Waals surface area contributed by atoms with E-state index < -0.39 is 42.6 Å². The number of halogens is 12. The molecule has 0 spiro atoms. The summed E-state index contributed by atoms with van der Waals surface area (Å²) in [6, 6.07) is 0. The minimum absolute atomic E-state index is 0. The predicted molar refractivity (Wildman–Crippen MR) is 43.3 cm³/mol. The maximum absolute atomic E-state index is 12.6. The number of hydrogen-bond donors (Lipinski definition) is 1. The fraction of sp³-hybridized carbons (Fsp3) is 1.00. The molecule has 0 bridgehead atoms. The summed E-state index contributed by atoms with van der Waals surface area (Å²) in [4.78, 5) is 0. The van der Waals surface area contributed by atoms with Gasteiger partial charge >= 0.3 is 35.7 Å². The minimum Gasteiger partial charge on any atom is -0.331 e. The van der Waals surface area contributed by atoms with Crippen LogP contribution in [0.4, 0.5) is 52.7 Å². The molecule has 14 heteroatoms. The summed E-state index contributed by atoms with van der Waals surface area (Å²) in [6.45, 7) is -1.01. The molecule has 0 heterocycles. The third-order valence-corrected chi connectivity index (χ3v) is 2.11. The Bertz CT molecular complexity index is 331. The van der Waals surface area contributed by atoms with E-state index in [0.717, 1.165) is 0 Å². The van der Waals surface area contributed by atoms with Crippen molar-refractivity contribution in [1.29, 1.82) is 0 Å². The van der Waals surface area contributed by atoms with Crippen LogP contribution in [-0.4, -0.2) is 70.4 Å². The van der Waals surface area contributed by atoms with Crippen LogP contribution in [0.1, 0.15) is 6.92 Å². The second kappa shape index (κ2) is 5.64. The van der Waals surface area contributed by atoms with E-state index in [9.17, 15) is 52.7 Å². The molecule has 0 aliphatic carbocycles. The van der Waals surface area contributed by atoms with E-state index in [1.165, 1.54) is 0 Å². The Labute approximate surface area is 130 Å². The van der Waals surface area contributed by atoms with Crippen LogP contribution in [0.2, 0.25) is 0 Å². The van der Waals surface area contributed by atoms with Crippen molar-refractivity contribution in [2.24, 2.45) is 0 Å². The van der Waals surface area contributed by atoms with E-state index in [4.69, 9.17) is 5.11 Å². The van der Waals surface area contributed by atoms with E-state index in [-0.39, 0.29) is 29.6 Å². The van der Waals surface area contributed by atoms with Crippen LogP contribution in [0.15, 0.2) is 0 Å². The summed E-state index contributed by atoms with van der Waals surface area (Å²) in [5.41, 5.74) is 0. The summed E-state index contributed by atoms with van der Waals surface area (Å²) < 4.78 is 148. The van der Waals surface area contributed by atoms with Crippen LogP contribution in [-0.2, 0) is 0 Å². The van der Waals surface area contributed by atoms with Gasteiger partial charge in [0, 0.05) is 36.5 Å². The topological polar surface area (TPSA) is 20.2 Å². The maximum atomic E-state index is 12.6. The third-order valence-electron chi connectivity index (χ3n) is 2.11. The molecule has 0 aromatic heterocycles. The average Bonchev–Trinajstić information content (AvgIpc) is 2.12. The molecule has 0 aromatic rings. The van der Waals surface area contributed by atoms with Crippen molar-refractivity contribution in [2.75, 3.05) is 0 Å². The molecule has 0 fully saturated rings. The minimum atomic E-state index is -7.68. The number of aliphatic hydroxyl groups is 1. The molecular formula is C7H4F12NaO. The zero-order valence-electron chi connectivity index (χ0n) is 9.98. The van der Waals surface area contributed by atoms with Crippen molar-refractivity contribution >= 4 is 29.6 Å². The Kier molecular flexibility index (Phi) is 6.28. The molecule has 1 N–H and O–H groups in total. The van der Waals surface area contributed by atoms with Gasteiger partial charge in [0.05, 0.1) is 0 Å². The van der Waals surface area contributed by atoms with E-state index in [1.807, 2.05) is 0 Å². The molecule has 0 aliphatic rings. The molecule has 123 valence electrons. The number of rotatable bonds is 5. The maximum Gasteiger partial charge on any atom is 0.423 e. The third kappa shape index (κ3) is 3.24. The van der Waals surface area contributed by atoms with Gasteiger partial charge < -0.3 is 5.11 Å². The van der Waals surface area contributed by atoms with Crippen molar-refractivity contribution in [1.82, 2.24) is 0 Å². The van der Waals surface area contributed by atoms with Crippen molar-refractivity contribution < 1.29 is 57.8 Å². The first-order chi connectivity index (χ1) is 8.25. The summed E-state index contributed by atoms with van der Waals surface area (Å²) in [7, 11) is 0. The van der Waals surface area contributed by atoms with Gasteiger partial charge in [0.2, 0.25) is 0 Å². The van der Waals surface area contributed by atoms with Crippen LogP contribution in [0.3, 0.4) is 0 Å². The summed E-state index contributed by atoms with van der Waals surface area (Å²) in [6.07, 6.45) is -6.86. The fourth-order valence-corrected chi connectivity index (χ4v) is 0.859. The van der Waals surface area contributed by atoms with Crippen LogP contribution < -0.4 is 0 Å². The van der Waals surface area contributed by atoms with Crippen LogP contribution >= 0.6 is 0 Å². The van der Waals surface area contributed by atoms with Gasteiger partial charge in [-0.15, -0.1) is 0 Å². The smallest absolute Gasteiger partial charge is 0.331 e. The molecule has 0 atom stereocenters. The van der Waals surface area contributed by atoms with Gasteiger partial charge in [-0.2, -0.15) is 52.7 Å². The molecule has 0 rings (SSSR count). The standard InChI is InChI=1S/C7H4F12O.Na/c1-2(8,9)3(10,11)4(12,13)5(14,15)6(16,17)7(18,19)20;/h20H,1H3;. The Morgan fingerprint density at radius 1 is 0.524 bits per heavy atom. The van der Waals surface area contributed by atoms with Crippen molar-refractivity contribution in [3.05, 3.63) is 0 Å². The first kappa shape index (κ1) is 23.4. The van der Waals surface area contributed by atoms with Gasteiger partial charge in [-0.1, -0.05) is 0 Å². The fourth-order valence-electron chi connectivity index (χ4n) is 0.859. The quantitative estimate of drug-likeness (QED) is 0.592. The summed E-state index contributed by atoms with van der Waals surface area (Å²) >= 11 is 0. The SMILES string of the molecule is CC(F)(F)C(F)(F)C(F)(F)C(F)(F)C(F)(F)C(O)(F)F.[Na].